The summed E-state index contributed by atoms with van der Waals surface area (Å²) in [5.74, 6) is 0.614. The van der Waals surface area contributed by atoms with Gasteiger partial charge in [0.15, 0.2) is 0 Å². The van der Waals surface area contributed by atoms with Gasteiger partial charge in [-0.15, -0.1) is 0 Å². The van der Waals surface area contributed by atoms with Crippen LogP contribution in [0.2, 0.25) is 0 Å². The zero-order valence-electron chi connectivity index (χ0n) is 14.8. The zero-order valence-corrected chi connectivity index (χ0v) is 15.6. The fourth-order valence-electron chi connectivity index (χ4n) is 3.53. The third-order valence-electron chi connectivity index (χ3n) is 4.81. The van der Waals surface area contributed by atoms with Crippen LogP contribution in [0, 0.1) is 5.92 Å². The van der Waals surface area contributed by atoms with Crippen molar-refractivity contribution in [3.05, 3.63) is 0 Å². The molecular formula is C16H33N3O3S. The second-order valence-electron chi connectivity index (χ2n) is 7.31. The highest BCUT2D eigenvalue weighted by Gasteiger charge is 2.29. The van der Waals surface area contributed by atoms with Crippen molar-refractivity contribution in [2.45, 2.75) is 58.1 Å². The highest BCUT2D eigenvalue weighted by Crippen LogP contribution is 2.23. The molecule has 1 aliphatic carbocycles. The van der Waals surface area contributed by atoms with Gasteiger partial charge in [-0.1, -0.05) is 33.1 Å². The van der Waals surface area contributed by atoms with Crippen molar-refractivity contribution in [1.82, 2.24) is 13.9 Å². The van der Waals surface area contributed by atoms with Crippen molar-refractivity contribution >= 4 is 10.2 Å². The minimum absolute atomic E-state index is 0.0583. The number of nitrogens with zero attached hydrogens (tertiary/aromatic N) is 2. The van der Waals surface area contributed by atoms with E-state index in [4.69, 9.17) is 4.74 Å². The van der Waals surface area contributed by atoms with E-state index in [2.05, 4.69) is 23.5 Å². The van der Waals surface area contributed by atoms with Gasteiger partial charge in [0, 0.05) is 39.3 Å². The van der Waals surface area contributed by atoms with Gasteiger partial charge in [-0.25, -0.2) is 0 Å². The Balaban J connectivity index is 1.81. The van der Waals surface area contributed by atoms with Crippen LogP contribution in [0.4, 0.5) is 0 Å². The average Bonchev–Trinajstić information content (AvgIpc) is 2.53. The maximum absolute atomic E-state index is 12.5. The first kappa shape index (κ1) is 19.1. The topological polar surface area (TPSA) is 61.9 Å². The SMILES string of the molecule is CC(C)CN1CCO[C@H](CNS(=O)(=O)N(C)C2CCCCC2)C1. The third-order valence-corrected chi connectivity index (χ3v) is 6.40. The van der Waals surface area contributed by atoms with Gasteiger partial charge in [0.05, 0.1) is 12.7 Å². The van der Waals surface area contributed by atoms with Gasteiger partial charge in [-0.05, 0) is 18.8 Å². The Hall–Kier alpha value is -0.210. The molecule has 2 fully saturated rings. The second-order valence-corrected chi connectivity index (χ2v) is 9.12. The van der Waals surface area contributed by atoms with Crippen molar-refractivity contribution in [3.63, 3.8) is 0 Å². The van der Waals surface area contributed by atoms with Crippen LogP contribution in [0.5, 0.6) is 0 Å². The van der Waals surface area contributed by atoms with E-state index in [1.807, 2.05) is 0 Å². The minimum Gasteiger partial charge on any atom is -0.374 e. The maximum Gasteiger partial charge on any atom is 0.279 e. The fraction of sp³-hybridized carbons (Fsp3) is 1.00. The molecule has 1 saturated heterocycles. The normalized spacial score (nSPS) is 25.3. The number of nitrogens with one attached hydrogen (secondary N) is 1. The monoisotopic (exact) mass is 347 g/mol. The van der Waals surface area contributed by atoms with Gasteiger partial charge < -0.3 is 4.74 Å². The van der Waals surface area contributed by atoms with Crippen molar-refractivity contribution in [1.29, 1.82) is 0 Å². The first-order valence-corrected chi connectivity index (χ1v) is 10.4. The molecule has 7 heteroatoms. The molecule has 1 N–H and O–H groups in total. The molecule has 0 bridgehead atoms. The predicted octanol–water partition coefficient (Wildman–Crippen LogP) is 1.44. The van der Waals surface area contributed by atoms with Gasteiger partial charge >= 0.3 is 0 Å². The summed E-state index contributed by atoms with van der Waals surface area (Å²) in [6.07, 6.45) is 5.36. The van der Waals surface area contributed by atoms with Gasteiger partial charge in [-0.2, -0.15) is 17.4 Å². The van der Waals surface area contributed by atoms with Crippen LogP contribution in [0.25, 0.3) is 0 Å². The first-order chi connectivity index (χ1) is 10.9. The quantitative estimate of drug-likeness (QED) is 0.757. The summed E-state index contributed by atoms with van der Waals surface area (Å²) in [6.45, 7) is 8.20. The number of morpholine rings is 1. The van der Waals surface area contributed by atoms with Crippen LogP contribution in [-0.4, -0.2) is 69.6 Å². The molecule has 1 saturated carbocycles. The molecule has 1 heterocycles. The molecule has 0 spiro atoms. The van der Waals surface area contributed by atoms with Crippen molar-refractivity contribution in [2.24, 2.45) is 5.92 Å². The van der Waals surface area contributed by atoms with Crippen LogP contribution in [0.3, 0.4) is 0 Å². The van der Waals surface area contributed by atoms with Gasteiger partial charge in [0.1, 0.15) is 0 Å². The number of rotatable bonds is 7. The molecule has 23 heavy (non-hydrogen) atoms. The molecule has 6 nitrogen and oxygen atoms in total. The molecule has 136 valence electrons. The summed E-state index contributed by atoms with van der Waals surface area (Å²) in [5, 5.41) is 0. The summed E-state index contributed by atoms with van der Waals surface area (Å²) < 4.78 is 35.0. The first-order valence-electron chi connectivity index (χ1n) is 8.95. The molecule has 2 aliphatic rings. The van der Waals surface area contributed by atoms with Crippen molar-refractivity contribution in [3.8, 4) is 0 Å². The van der Waals surface area contributed by atoms with Crippen LogP contribution in [0.15, 0.2) is 0 Å². The molecule has 1 aliphatic heterocycles. The summed E-state index contributed by atoms with van der Waals surface area (Å²) in [5.41, 5.74) is 0. The van der Waals surface area contributed by atoms with E-state index in [1.54, 1.807) is 7.05 Å². The molecule has 0 radical (unpaired) electrons. The van der Waals surface area contributed by atoms with E-state index in [-0.39, 0.29) is 12.1 Å². The van der Waals surface area contributed by atoms with Gasteiger partial charge in [0.2, 0.25) is 0 Å². The molecule has 0 aromatic carbocycles. The lowest BCUT2D eigenvalue weighted by molar-refractivity contribution is -0.0281. The number of hydrogen-bond acceptors (Lipinski definition) is 4. The molecule has 1 atom stereocenters. The van der Waals surface area contributed by atoms with Crippen LogP contribution >= 0.6 is 0 Å². The smallest absolute Gasteiger partial charge is 0.279 e. The molecule has 0 amide bonds. The Morgan fingerprint density at radius 2 is 1.96 bits per heavy atom. The Morgan fingerprint density at radius 3 is 2.61 bits per heavy atom. The summed E-state index contributed by atoms with van der Waals surface area (Å²) >= 11 is 0. The highest BCUT2D eigenvalue weighted by atomic mass is 32.2. The summed E-state index contributed by atoms with van der Waals surface area (Å²) in [6, 6.07) is 0.144. The second kappa shape index (κ2) is 8.76. The number of hydrogen-bond donors (Lipinski definition) is 1. The molecule has 0 unspecified atom stereocenters. The van der Waals surface area contributed by atoms with Gasteiger partial charge in [0.25, 0.3) is 10.2 Å². The molecule has 0 aromatic heterocycles. The summed E-state index contributed by atoms with van der Waals surface area (Å²) in [4.78, 5) is 2.36. The summed E-state index contributed by atoms with van der Waals surface area (Å²) in [7, 11) is -1.72. The average molecular weight is 348 g/mol. The third kappa shape index (κ3) is 5.98. The predicted molar refractivity (Wildman–Crippen MR) is 92.6 cm³/mol. The van der Waals surface area contributed by atoms with Crippen molar-refractivity contribution in [2.75, 3.05) is 39.8 Å². The largest absolute Gasteiger partial charge is 0.374 e. The van der Waals surface area contributed by atoms with E-state index in [1.165, 1.54) is 10.7 Å². The zero-order chi connectivity index (χ0) is 16.9. The Morgan fingerprint density at radius 1 is 1.26 bits per heavy atom. The van der Waals surface area contributed by atoms with E-state index in [9.17, 15) is 8.42 Å². The van der Waals surface area contributed by atoms with Crippen molar-refractivity contribution < 1.29 is 13.2 Å². The van der Waals surface area contributed by atoms with Crippen LogP contribution in [-0.2, 0) is 14.9 Å². The van der Waals surface area contributed by atoms with E-state index < -0.39 is 10.2 Å². The van der Waals surface area contributed by atoms with E-state index >= 15 is 0 Å². The molecule has 0 aromatic rings. The van der Waals surface area contributed by atoms with Crippen LogP contribution < -0.4 is 4.72 Å². The lowest BCUT2D eigenvalue weighted by Crippen LogP contribution is -2.51. The van der Waals surface area contributed by atoms with E-state index in [0.29, 0.717) is 19.1 Å². The lowest BCUT2D eigenvalue weighted by Gasteiger charge is -2.35. The van der Waals surface area contributed by atoms with Crippen LogP contribution in [0.1, 0.15) is 46.0 Å². The van der Waals surface area contributed by atoms with Gasteiger partial charge in [-0.3, -0.25) is 4.90 Å². The van der Waals surface area contributed by atoms with E-state index in [0.717, 1.165) is 45.3 Å². The Bertz CT molecular complexity index is 449. The molecular weight excluding hydrogens is 314 g/mol. The molecule has 2 rings (SSSR count). The standard InChI is InChI=1S/C16H33N3O3S/c1-14(2)12-19-9-10-22-16(13-19)11-17-23(20,21)18(3)15-7-5-4-6-8-15/h14-17H,4-13H2,1-3H3/t16-/m1/s1. The maximum atomic E-state index is 12.5. The number of ether oxygens (including phenoxy) is 1. The fourth-order valence-corrected chi connectivity index (χ4v) is 4.73. The Kier molecular flexibility index (Phi) is 7.28. The highest BCUT2D eigenvalue weighted by molar-refractivity contribution is 7.87. The minimum atomic E-state index is -3.42. The lowest BCUT2D eigenvalue weighted by atomic mass is 9.96. The Labute approximate surface area is 141 Å².